The first kappa shape index (κ1) is 15.6. The van der Waals surface area contributed by atoms with Gasteiger partial charge in [0.25, 0.3) is 5.91 Å². The van der Waals surface area contributed by atoms with E-state index in [2.05, 4.69) is 26.4 Å². The van der Waals surface area contributed by atoms with E-state index in [0.717, 1.165) is 22.2 Å². The lowest BCUT2D eigenvalue weighted by Gasteiger charge is -2.10. The minimum Gasteiger partial charge on any atom is -0.382 e. The van der Waals surface area contributed by atoms with Crippen LogP contribution in [-0.2, 0) is 9.63 Å². The Morgan fingerprint density at radius 1 is 1.26 bits per heavy atom. The van der Waals surface area contributed by atoms with Crippen LogP contribution in [0.15, 0.2) is 52.1 Å². The highest BCUT2D eigenvalue weighted by atomic mass is 79.9. The molecule has 0 bridgehead atoms. The number of hydrogen-bond acceptors (Lipinski definition) is 3. The summed E-state index contributed by atoms with van der Waals surface area (Å²) in [5, 5.41) is 6.28. The SMILES string of the molecule is O=C(Nc1ccc(F)cc1F)C1CC(c2cccc(Br)c2)=NO1. The van der Waals surface area contributed by atoms with Crippen molar-refractivity contribution in [1.29, 1.82) is 0 Å². The van der Waals surface area contributed by atoms with E-state index in [1.165, 1.54) is 0 Å². The number of nitrogens with zero attached hydrogens (tertiary/aromatic N) is 1. The van der Waals surface area contributed by atoms with Gasteiger partial charge in [-0.2, -0.15) is 0 Å². The number of rotatable bonds is 3. The average molecular weight is 381 g/mol. The van der Waals surface area contributed by atoms with Gasteiger partial charge in [0, 0.05) is 22.5 Å². The standard InChI is InChI=1S/C16H11BrF2N2O2/c17-10-3-1-2-9(6-10)14-8-15(23-21-14)16(22)20-13-5-4-11(18)7-12(13)19/h1-7,15H,8H2,(H,20,22). The Morgan fingerprint density at radius 2 is 2.09 bits per heavy atom. The van der Waals surface area contributed by atoms with E-state index >= 15 is 0 Å². The summed E-state index contributed by atoms with van der Waals surface area (Å²) in [4.78, 5) is 17.2. The van der Waals surface area contributed by atoms with Crippen molar-refractivity contribution in [2.45, 2.75) is 12.5 Å². The summed E-state index contributed by atoms with van der Waals surface area (Å²) in [6, 6.07) is 10.4. The molecule has 0 aromatic heterocycles. The quantitative estimate of drug-likeness (QED) is 0.878. The number of carbonyl (C=O) groups excluding carboxylic acids is 1. The van der Waals surface area contributed by atoms with E-state index in [-0.39, 0.29) is 12.1 Å². The molecule has 1 atom stereocenters. The Kier molecular flexibility index (Phi) is 4.38. The number of hydrogen-bond donors (Lipinski definition) is 1. The Hall–Kier alpha value is -2.28. The van der Waals surface area contributed by atoms with Crippen molar-refractivity contribution in [3.05, 3.63) is 64.1 Å². The molecule has 0 fully saturated rings. The molecule has 4 nitrogen and oxygen atoms in total. The number of oxime groups is 1. The molecule has 118 valence electrons. The molecule has 1 aliphatic rings. The van der Waals surface area contributed by atoms with Gasteiger partial charge in [0.1, 0.15) is 11.6 Å². The highest BCUT2D eigenvalue weighted by Crippen LogP contribution is 2.22. The number of nitrogens with one attached hydrogen (secondary N) is 1. The molecule has 1 amide bonds. The molecule has 3 rings (SSSR count). The smallest absolute Gasteiger partial charge is 0.268 e. The third-order valence-corrected chi connectivity index (χ3v) is 3.80. The number of carbonyl (C=O) groups is 1. The highest BCUT2D eigenvalue weighted by molar-refractivity contribution is 9.10. The summed E-state index contributed by atoms with van der Waals surface area (Å²) < 4.78 is 27.3. The van der Waals surface area contributed by atoms with Crippen LogP contribution in [0.4, 0.5) is 14.5 Å². The molecule has 0 saturated heterocycles. The van der Waals surface area contributed by atoms with Crippen LogP contribution in [0.2, 0.25) is 0 Å². The molecular formula is C16H11BrF2N2O2. The first-order valence-electron chi connectivity index (χ1n) is 6.77. The van der Waals surface area contributed by atoms with Crippen molar-refractivity contribution in [3.8, 4) is 0 Å². The maximum Gasteiger partial charge on any atom is 0.268 e. The fourth-order valence-electron chi connectivity index (χ4n) is 2.16. The number of amides is 1. The van der Waals surface area contributed by atoms with Crippen molar-refractivity contribution in [3.63, 3.8) is 0 Å². The Labute approximate surface area is 139 Å². The van der Waals surface area contributed by atoms with Crippen molar-refractivity contribution in [2.24, 2.45) is 5.16 Å². The summed E-state index contributed by atoms with van der Waals surface area (Å²) in [6.07, 6.45) is -0.584. The Balaban J connectivity index is 1.67. The number of halogens is 3. The van der Waals surface area contributed by atoms with Gasteiger partial charge >= 0.3 is 0 Å². The van der Waals surface area contributed by atoms with E-state index < -0.39 is 23.6 Å². The fraction of sp³-hybridized carbons (Fsp3) is 0.125. The van der Waals surface area contributed by atoms with Gasteiger partial charge in [0.15, 0.2) is 0 Å². The van der Waals surface area contributed by atoms with Gasteiger partial charge < -0.3 is 10.2 Å². The van der Waals surface area contributed by atoms with E-state index in [4.69, 9.17) is 4.84 Å². The van der Waals surface area contributed by atoms with Gasteiger partial charge in [-0.15, -0.1) is 0 Å². The molecule has 0 spiro atoms. The van der Waals surface area contributed by atoms with Crippen LogP contribution >= 0.6 is 15.9 Å². The van der Waals surface area contributed by atoms with Crippen LogP contribution in [0, 0.1) is 11.6 Å². The molecule has 7 heteroatoms. The molecule has 1 aliphatic heterocycles. The second-order valence-corrected chi connectivity index (χ2v) is 5.88. The lowest BCUT2D eigenvalue weighted by atomic mass is 10.0. The van der Waals surface area contributed by atoms with Gasteiger partial charge in [-0.25, -0.2) is 8.78 Å². The first-order chi connectivity index (χ1) is 11.0. The van der Waals surface area contributed by atoms with Crippen LogP contribution < -0.4 is 5.32 Å². The maximum absolute atomic E-state index is 13.6. The minimum atomic E-state index is -0.853. The van der Waals surface area contributed by atoms with Crippen molar-refractivity contribution >= 4 is 33.2 Å². The average Bonchev–Trinajstić information content (AvgIpc) is 3.00. The van der Waals surface area contributed by atoms with Crippen molar-refractivity contribution in [2.75, 3.05) is 5.32 Å². The number of anilines is 1. The van der Waals surface area contributed by atoms with Crippen molar-refractivity contribution < 1.29 is 18.4 Å². The van der Waals surface area contributed by atoms with Gasteiger partial charge in [-0.1, -0.05) is 33.2 Å². The largest absolute Gasteiger partial charge is 0.382 e. The third-order valence-electron chi connectivity index (χ3n) is 3.31. The second-order valence-electron chi connectivity index (χ2n) is 4.96. The van der Waals surface area contributed by atoms with E-state index in [0.29, 0.717) is 11.8 Å². The van der Waals surface area contributed by atoms with Crippen LogP contribution in [0.25, 0.3) is 0 Å². The monoisotopic (exact) mass is 380 g/mol. The zero-order valence-electron chi connectivity index (χ0n) is 11.7. The van der Waals surface area contributed by atoms with Gasteiger partial charge in [-0.3, -0.25) is 4.79 Å². The summed E-state index contributed by atoms with van der Waals surface area (Å²) in [5.74, 6) is -2.09. The van der Waals surface area contributed by atoms with E-state index in [1.807, 2.05) is 24.3 Å². The van der Waals surface area contributed by atoms with Gasteiger partial charge in [0.05, 0.1) is 11.4 Å². The predicted octanol–water partition coefficient (Wildman–Crippen LogP) is 3.86. The third kappa shape index (κ3) is 3.56. The number of benzene rings is 2. The highest BCUT2D eigenvalue weighted by Gasteiger charge is 2.29. The normalized spacial score (nSPS) is 16.7. The van der Waals surface area contributed by atoms with Crippen LogP contribution in [0.1, 0.15) is 12.0 Å². The van der Waals surface area contributed by atoms with Gasteiger partial charge in [-0.05, 0) is 24.3 Å². The predicted molar refractivity (Wildman–Crippen MR) is 85.2 cm³/mol. The first-order valence-corrected chi connectivity index (χ1v) is 7.57. The molecule has 23 heavy (non-hydrogen) atoms. The molecular weight excluding hydrogens is 370 g/mol. The Bertz CT molecular complexity index is 795. The summed E-state index contributed by atoms with van der Waals surface area (Å²) in [6.45, 7) is 0. The molecule has 1 unspecified atom stereocenters. The Morgan fingerprint density at radius 3 is 2.83 bits per heavy atom. The summed E-state index contributed by atoms with van der Waals surface area (Å²) in [7, 11) is 0. The zero-order valence-corrected chi connectivity index (χ0v) is 13.3. The maximum atomic E-state index is 13.6. The van der Waals surface area contributed by atoms with E-state index in [9.17, 15) is 13.6 Å². The fourth-order valence-corrected chi connectivity index (χ4v) is 2.56. The van der Waals surface area contributed by atoms with Crippen molar-refractivity contribution in [1.82, 2.24) is 0 Å². The lowest BCUT2D eigenvalue weighted by molar-refractivity contribution is -0.125. The second kappa shape index (κ2) is 6.45. The molecule has 0 aliphatic carbocycles. The molecule has 2 aromatic carbocycles. The zero-order chi connectivity index (χ0) is 16.4. The lowest BCUT2D eigenvalue weighted by Crippen LogP contribution is -2.28. The molecule has 0 radical (unpaired) electrons. The summed E-state index contributed by atoms with van der Waals surface area (Å²) in [5.41, 5.74) is 1.37. The van der Waals surface area contributed by atoms with E-state index in [1.54, 1.807) is 0 Å². The molecule has 1 heterocycles. The topological polar surface area (TPSA) is 50.7 Å². The van der Waals surface area contributed by atoms with Crippen LogP contribution in [0.5, 0.6) is 0 Å². The molecule has 2 aromatic rings. The minimum absolute atomic E-state index is 0.101. The molecule has 1 N–H and O–H groups in total. The van der Waals surface area contributed by atoms with Crippen LogP contribution in [-0.4, -0.2) is 17.7 Å². The van der Waals surface area contributed by atoms with Crippen LogP contribution in [0.3, 0.4) is 0 Å². The summed E-state index contributed by atoms with van der Waals surface area (Å²) >= 11 is 3.36. The van der Waals surface area contributed by atoms with Gasteiger partial charge in [0.2, 0.25) is 6.10 Å². The molecule has 0 saturated carbocycles.